The monoisotopic (exact) mass is 198 g/mol. The van der Waals surface area contributed by atoms with Gasteiger partial charge in [0.1, 0.15) is 0 Å². The molecule has 0 N–H and O–H groups in total. The maximum atomic E-state index is 10.7. The van der Waals surface area contributed by atoms with Crippen molar-refractivity contribution in [3.8, 4) is 0 Å². The van der Waals surface area contributed by atoms with Crippen LogP contribution in [0.5, 0.6) is 0 Å². The molecule has 11 heavy (non-hydrogen) atoms. The Labute approximate surface area is 71.3 Å². The van der Waals surface area contributed by atoms with Crippen molar-refractivity contribution in [3.63, 3.8) is 0 Å². The van der Waals surface area contributed by atoms with E-state index in [0.717, 1.165) is 0 Å². The Hall–Kier alpha value is 0.160. The first-order chi connectivity index (χ1) is 4.91. The third-order valence-corrected chi connectivity index (χ3v) is 3.37. The van der Waals surface area contributed by atoms with Gasteiger partial charge in [-0.2, -0.15) is 12.7 Å². The van der Waals surface area contributed by atoms with Gasteiger partial charge < -0.3 is 4.90 Å². The second kappa shape index (κ2) is 2.90. The van der Waals surface area contributed by atoms with Crippen molar-refractivity contribution < 1.29 is 8.42 Å². The standard InChI is InChI=1S/C5H11ClN2O2S/c1-7(2)5-3-8(4-5)11(6,9)10/h5H,3-4H2,1-2H3. The fourth-order valence-electron chi connectivity index (χ4n) is 0.921. The van der Waals surface area contributed by atoms with E-state index in [2.05, 4.69) is 0 Å². The van der Waals surface area contributed by atoms with Crippen LogP contribution in [-0.2, 0) is 9.24 Å². The minimum Gasteiger partial charge on any atom is -0.304 e. The van der Waals surface area contributed by atoms with E-state index in [1.54, 1.807) is 0 Å². The molecule has 66 valence electrons. The van der Waals surface area contributed by atoms with Crippen LogP contribution in [0.15, 0.2) is 0 Å². The van der Waals surface area contributed by atoms with E-state index in [0.29, 0.717) is 19.1 Å². The summed E-state index contributed by atoms with van der Waals surface area (Å²) in [5.41, 5.74) is 0. The van der Waals surface area contributed by atoms with Crippen LogP contribution in [0, 0.1) is 0 Å². The molecule has 0 aromatic heterocycles. The normalized spacial score (nSPS) is 22.2. The molecule has 0 amide bonds. The minimum absolute atomic E-state index is 0.323. The lowest BCUT2D eigenvalue weighted by atomic mass is 10.2. The van der Waals surface area contributed by atoms with Crippen molar-refractivity contribution in [3.05, 3.63) is 0 Å². The highest BCUT2D eigenvalue weighted by Crippen LogP contribution is 2.18. The molecule has 0 saturated carbocycles. The van der Waals surface area contributed by atoms with E-state index in [1.165, 1.54) is 4.31 Å². The van der Waals surface area contributed by atoms with Crippen LogP contribution in [0.3, 0.4) is 0 Å². The minimum atomic E-state index is -3.45. The predicted octanol–water partition coefficient (Wildman–Crippen LogP) is -0.284. The summed E-state index contributed by atoms with van der Waals surface area (Å²) in [4.78, 5) is 1.98. The smallest absolute Gasteiger partial charge is 0.299 e. The molecule has 0 atom stereocenters. The summed E-state index contributed by atoms with van der Waals surface area (Å²) < 4.78 is 22.6. The fourth-order valence-corrected chi connectivity index (χ4v) is 1.96. The summed E-state index contributed by atoms with van der Waals surface area (Å²) in [6, 6.07) is 0.323. The lowest BCUT2D eigenvalue weighted by molar-refractivity contribution is 0.136. The van der Waals surface area contributed by atoms with Gasteiger partial charge in [-0.05, 0) is 14.1 Å². The molecular formula is C5H11ClN2O2S. The van der Waals surface area contributed by atoms with E-state index in [4.69, 9.17) is 10.7 Å². The van der Waals surface area contributed by atoms with Crippen LogP contribution in [0.25, 0.3) is 0 Å². The molecule has 4 nitrogen and oxygen atoms in total. The summed E-state index contributed by atoms with van der Waals surface area (Å²) in [5, 5.41) is 0. The van der Waals surface area contributed by atoms with Gasteiger partial charge in [-0.3, -0.25) is 0 Å². The highest BCUT2D eigenvalue weighted by molar-refractivity contribution is 8.11. The summed E-state index contributed by atoms with van der Waals surface area (Å²) in [5.74, 6) is 0. The molecular weight excluding hydrogens is 188 g/mol. The van der Waals surface area contributed by atoms with E-state index in [9.17, 15) is 8.42 Å². The summed E-state index contributed by atoms with van der Waals surface area (Å²) in [6.45, 7) is 1.03. The van der Waals surface area contributed by atoms with Crippen LogP contribution in [-0.4, -0.2) is 50.8 Å². The molecule has 6 heteroatoms. The van der Waals surface area contributed by atoms with Crippen molar-refractivity contribution >= 4 is 19.9 Å². The zero-order chi connectivity index (χ0) is 8.65. The lowest BCUT2D eigenvalue weighted by Gasteiger charge is -2.39. The largest absolute Gasteiger partial charge is 0.304 e. The highest BCUT2D eigenvalue weighted by atomic mass is 35.7. The molecule has 1 fully saturated rings. The molecule has 1 saturated heterocycles. The zero-order valence-electron chi connectivity index (χ0n) is 6.49. The van der Waals surface area contributed by atoms with Gasteiger partial charge in [-0.1, -0.05) is 0 Å². The van der Waals surface area contributed by atoms with Gasteiger partial charge in [0, 0.05) is 29.8 Å². The Balaban J connectivity index is 2.42. The number of hydrogen-bond donors (Lipinski definition) is 0. The number of nitrogens with zero attached hydrogens (tertiary/aromatic N) is 2. The molecule has 0 unspecified atom stereocenters. The first-order valence-corrected chi connectivity index (χ1v) is 5.54. The van der Waals surface area contributed by atoms with E-state index < -0.39 is 9.24 Å². The van der Waals surface area contributed by atoms with Crippen LogP contribution >= 0.6 is 10.7 Å². The second-order valence-corrected chi connectivity index (χ2v) is 5.39. The van der Waals surface area contributed by atoms with Crippen LogP contribution in [0.1, 0.15) is 0 Å². The molecule has 0 aromatic carbocycles. The maximum absolute atomic E-state index is 10.7. The van der Waals surface area contributed by atoms with E-state index in [-0.39, 0.29) is 0 Å². The number of rotatable bonds is 2. The van der Waals surface area contributed by atoms with Crippen molar-refractivity contribution in [2.75, 3.05) is 27.2 Å². The third kappa shape index (κ3) is 2.05. The number of likely N-dealkylation sites (N-methyl/N-ethyl adjacent to an activating group) is 1. The SMILES string of the molecule is CN(C)C1CN(S(=O)(=O)Cl)C1. The van der Waals surface area contributed by atoms with Gasteiger partial charge in [0.2, 0.25) is 0 Å². The molecule has 0 aromatic rings. The molecule has 0 radical (unpaired) electrons. The van der Waals surface area contributed by atoms with Gasteiger partial charge in [0.15, 0.2) is 0 Å². The lowest BCUT2D eigenvalue weighted by Crippen LogP contribution is -2.57. The maximum Gasteiger partial charge on any atom is 0.299 e. The molecule has 0 spiro atoms. The molecule has 1 aliphatic heterocycles. The Bertz CT molecular complexity index is 233. The predicted molar refractivity (Wildman–Crippen MR) is 43.8 cm³/mol. The average Bonchev–Trinajstić information content (AvgIpc) is 1.51. The van der Waals surface area contributed by atoms with Gasteiger partial charge in [-0.15, -0.1) is 0 Å². The molecule has 0 bridgehead atoms. The Kier molecular flexibility index (Phi) is 2.43. The third-order valence-electron chi connectivity index (χ3n) is 1.87. The van der Waals surface area contributed by atoms with Crippen molar-refractivity contribution in [1.29, 1.82) is 0 Å². The number of hydrogen-bond acceptors (Lipinski definition) is 3. The number of halogens is 1. The van der Waals surface area contributed by atoms with Crippen LogP contribution in [0.2, 0.25) is 0 Å². The zero-order valence-corrected chi connectivity index (χ0v) is 8.06. The van der Waals surface area contributed by atoms with Crippen molar-refractivity contribution in [2.45, 2.75) is 6.04 Å². The van der Waals surface area contributed by atoms with Gasteiger partial charge in [0.25, 0.3) is 9.24 Å². The molecule has 1 heterocycles. The summed E-state index contributed by atoms with van der Waals surface area (Å²) in [7, 11) is 5.47. The Morgan fingerprint density at radius 1 is 1.45 bits per heavy atom. The van der Waals surface area contributed by atoms with Gasteiger partial charge in [0.05, 0.1) is 0 Å². The van der Waals surface area contributed by atoms with E-state index in [1.807, 2.05) is 19.0 Å². The fraction of sp³-hybridized carbons (Fsp3) is 1.00. The molecule has 1 rings (SSSR count). The van der Waals surface area contributed by atoms with Crippen LogP contribution < -0.4 is 0 Å². The quantitative estimate of drug-likeness (QED) is 0.573. The second-order valence-electron chi connectivity index (χ2n) is 2.88. The highest BCUT2D eigenvalue weighted by Gasteiger charge is 2.35. The first-order valence-electron chi connectivity index (χ1n) is 3.27. The van der Waals surface area contributed by atoms with E-state index >= 15 is 0 Å². The Morgan fingerprint density at radius 2 is 1.91 bits per heavy atom. The van der Waals surface area contributed by atoms with Crippen LogP contribution in [0.4, 0.5) is 0 Å². The van der Waals surface area contributed by atoms with Crippen molar-refractivity contribution in [1.82, 2.24) is 9.21 Å². The summed E-state index contributed by atoms with van der Waals surface area (Å²) >= 11 is 0. The molecule has 0 aliphatic carbocycles. The molecule has 1 aliphatic rings. The first kappa shape index (κ1) is 9.25. The van der Waals surface area contributed by atoms with Crippen molar-refractivity contribution in [2.24, 2.45) is 0 Å². The average molecular weight is 199 g/mol. The van der Waals surface area contributed by atoms with Gasteiger partial charge >= 0.3 is 0 Å². The Morgan fingerprint density at radius 3 is 2.18 bits per heavy atom. The summed E-state index contributed by atoms with van der Waals surface area (Å²) in [6.07, 6.45) is 0. The topological polar surface area (TPSA) is 40.6 Å². The van der Waals surface area contributed by atoms with Gasteiger partial charge in [-0.25, -0.2) is 0 Å².